The molecule has 0 bridgehead atoms. The molecule has 4 heterocycles. The Hall–Kier alpha value is -3.41. The zero-order chi connectivity index (χ0) is 21.4. The quantitative estimate of drug-likeness (QED) is 0.748. The van der Waals surface area contributed by atoms with E-state index < -0.39 is 18.0 Å². The number of aromatic nitrogens is 2. The largest absolute Gasteiger partial charge is 0.337 e. The van der Waals surface area contributed by atoms with Gasteiger partial charge in [-0.1, -0.05) is 23.4 Å². The molecule has 1 atom stereocenters. The van der Waals surface area contributed by atoms with Gasteiger partial charge in [0.25, 0.3) is 5.91 Å². The SMILES string of the molecule is CC(C)N1C(=O)N(c2ncc(C#Cc3cccnc3)cc2Cl)C(=O)C2NN(C)C=C21. The average molecular weight is 423 g/mol. The molecular weight excluding hydrogens is 404 g/mol. The Morgan fingerprint density at radius 2 is 1.97 bits per heavy atom. The summed E-state index contributed by atoms with van der Waals surface area (Å²) in [7, 11) is 1.77. The normalized spacial score (nSPS) is 18.4. The maximum Gasteiger partial charge on any atom is 0.337 e. The van der Waals surface area contributed by atoms with Crippen molar-refractivity contribution in [3.8, 4) is 11.8 Å². The van der Waals surface area contributed by atoms with Crippen molar-refractivity contribution in [2.45, 2.75) is 25.9 Å². The summed E-state index contributed by atoms with van der Waals surface area (Å²) in [6.07, 6.45) is 6.55. The molecule has 1 unspecified atom stereocenters. The van der Waals surface area contributed by atoms with E-state index in [-0.39, 0.29) is 16.9 Å². The van der Waals surface area contributed by atoms with Gasteiger partial charge in [0, 0.05) is 49.0 Å². The van der Waals surface area contributed by atoms with Gasteiger partial charge in [-0.25, -0.2) is 20.1 Å². The lowest BCUT2D eigenvalue weighted by molar-refractivity contribution is -0.120. The molecule has 8 nitrogen and oxygen atoms in total. The molecule has 0 spiro atoms. The van der Waals surface area contributed by atoms with Gasteiger partial charge < -0.3 is 5.01 Å². The number of nitrogens with one attached hydrogen (secondary N) is 1. The van der Waals surface area contributed by atoms with E-state index in [0.717, 1.165) is 10.5 Å². The van der Waals surface area contributed by atoms with Crippen LogP contribution in [0.25, 0.3) is 0 Å². The van der Waals surface area contributed by atoms with E-state index in [2.05, 4.69) is 27.2 Å². The molecule has 1 N–H and O–H groups in total. The second kappa shape index (κ2) is 7.78. The van der Waals surface area contributed by atoms with E-state index >= 15 is 0 Å². The molecule has 3 amide bonds. The third-order valence-corrected chi connectivity index (χ3v) is 4.94. The molecule has 152 valence electrons. The van der Waals surface area contributed by atoms with Crippen LogP contribution < -0.4 is 10.3 Å². The number of nitrogens with zero attached hydrogens (tertiary/aromatic N) is 5. The lowest BCUT2D eigenvalue weighted by atomic mass is 10.1. The van der Waals surface area contributed by atoms with Gasteiger partial charge in [-0.3, -0.25) is 14.7 Å². The Kier molecular flexibility index (Phi) is 5.16. The van der Waals surface area contributed by atoms with Crippen LogP contribution >= 0.6 is 11.6 Å². The summed E-state index contributed by atoms with van der Waals surface area (Å²) >= 11 is 6.42. The van der Waals surface area contributed by atoms with Crippen molar-refractivity contribution < 1.29 is 9.59 Å². The highest BCUT2D eigenvalue weighted by Crippen LogP contribution is 2.33. The predicted molar refractivity (Wildman–Crippen MR) is 112 cm³/mol. The molecule has 2 aliphatic heterocycles. The van der Waals surface area contributed by atoms with Gasteiger partial charge >= 0.3 is 6.03 Å². The van der Waals surface area contributed by atoms with Gasteiger partial charge in [0.1, 0.15) is 6.04 Å². The minimum Gasteiger partial charge on any atom is -0.316 e. The van der Waals surface area contributed by atoms with Crippen molar-refractivity contribution in [2.24, 2.45) is 0 Å². The Labute approximate surface area is 179 Å². The fourth-order valence-corrected chi connectivity index (χ4v) is 3.61. The monoisotopic (exact) mass is 422 g/mol. The Bertz CT molecular complexity index is 1110. The summed E-state index contributed by atoms with van der Waals surface area (Å²) < 4.78 is 0. The van der Waals surface area contributed by atoms with Crippen LogP contribution in [0.15, 0.2) is 48.7 Å². The van der Waals surface area contributed by atoms with Gasteiger partial charge in [-0.05, 0) is 32.0 Å². The molecule has 2 aromatic rings. The van der Waals surface area contributed by atoms with Crippen LogP contribution in [-0.4, -0.2) is 50.9 Å². The van der Waals surface area contributed by atoms with E-state index in [1.165, 1.54) is 6.20 Å². The number of urea groups is 1. The molecule has 30 heavy (non-hydrogen) atoms. The topological polar surface area (TPSA) is 81.7 Å². The summed E-state index contributed by atoms with van der Waals surface area (Å²) in [5.41, 5.74) is 4.95. The maximum atomic E-state index is 13.2. The van der Waals surface area contributed by atoms with Crippen molar-refractivity contribution >= 4 is 29.4 Å². The number of anilines is 1. The number of hydrogen-bond acceptors (Lipinski definition) is 6. The van der Waals surface area contributed by atoms with Crippen molar-refractivity contribution in [2.75, 3.05) is 11.9 Å². The summed E-state index contributed by atoms with van der Waals surface area (Å²) in [6, 6.07) is 3.90. The van der Waals surface area contributed by atoms with Gasteiger partial charge in [-0.15, -0.1) is 0 Å². The van der Waals surface area contributed by atoms with Gasteiger partial charge in [0.2, 0.25) is 0 Å². The molecule has 9 heteroatoms. The lowest BCUT2D eigenvalue weighted by Gasteiger charge is -2.39. The van der Waals surface area contributed by atoms with Crippen molar-refractivity contribution in [1.29, 1.82) is 0 Å². The maximum absolute atomic E-state index is 13.2. The van der Waals surface area contributed by atoms with Crippen LogP contribution in [0.5, 0.6) is 0 Å². The average Bonchev–Trinajstić information content (AvgIpc) is 3.09. The Morgan fingerprint density at radius 3 is 2.63 bits per heavy atom. The number of carbonyl (C=O) groups is 2. The first kappa shape index (κ1) is 19.9. The number of hydrogen-bond donors (Lipinski definition) is 1. The zero-order valence-electron chi connectivity index (χ0n) is 16.6. The molecular formula is C21H19ClN6O2. The van der Waals surface area contributed by atoms with Crippen LogP contribution in [0.2, 0.25) is 5.02 Å². The molecule has 2 aliphatic rings. The van der Waals surface area contributed by atoms with Crippen LogP contribution in [0, 0.1) is 11.8 Å². The third kappa shape index (κ3) is 3.49. The molecule has 0 aromatic carbocycles. The first-order valence-corrected chi connectivity index (χ1v) is 9.70. The number of imide groups is 1. The van der Waals surface area contributed by atoms with Crippen molar-refractivity contribution in [3.63, 3.8) is 0 Å². The number of halogens is 1. The Morgan fingerprint density at radius 1 is 1.20 bits per heavy atom. The molecule has 0 aliphatic carbocycles. The van der Waals surface area contributed by atoms with E-state index in [0.29, 0.717) is 11.3 Å². The zero-order valence-corrected chi connectivity index (χ0v) is 17.4. The highest BCUT2D eigenvalue weighted by Gasteiger charge is 2.48. The molecule has 4 rings (SSSR count). The van der Waals surface area contributed by atoms with Crippen LogP contribution in [0.4, 0.5) is 10.6 Å². The number of pyridine rings is 2. The van der Waals surface area contributed by atoms with E-state index in [1.54, 1.807) is 47.7 Å². The number of hydrazine groups is 1. The van der Waals surface area contributed by atoms with E-state index in [4.69, 9.17) is 11.6 Å². The number of fused-ring (bicyclic) bond motifs is 1. The number of rotatable bonds is 2. The molecule has 1 saturated heterocycles. The van der Waals surface area contributed by atoms with Crippen LogP contribution in [0.1, 0.15) is 25.0 Å². The fourth-order valence-electron chi connectivity index (χ4n) is 3.36. The smallest absolute Gasteiger partial charge is 0.316 e. The minimum atomic E-state index is -0.682. The summed E-state index contributed by atoms with van der Waals surface area (Å²) in [5.74, 6) is 5.58. The minimum absolute atomic E-state index is 0.0830. The number of carbonyl (C=O) groups excluding carboxylic acids is 2. The molecule has 2 aromatic heterocycles. The molecule has 0 radical (unpaired) electrons. The summed E-state index contributed by atoms with van der Waals surface area (Å²) in [5, 5.41) is 1.83. The molecule has 1 fully saturated rings. The van der Waals surface area contributed by atoms with Crippen molar-refractivity contribution in [1.82, 2.24) is 25.3 Å². The first-order chi connectivity index (χ1) is 14.4. The van der Waals surface area contributed by atoms with Gasteiger partial charge in [0.05, 0.1) is 10.7 Å². The first-order valence-electron chi connectivity index (χ1n) is 9.32. The van der Waals surface area contributed by atoms with Gasteiger partial charge in [-0.2, -0.15) is 0 Å². The van der Waals surface area contributed by atoms with Gasteiger partial charge in [0.15, 0.2) is 5.82 Å². The number of amides is 3. The standard InChI is InChI=1S/C21H19ClN6O2/c1-13(2)27-17-12-26(3)25-18(17)20(29)28(21(27)30)19-16(22)9-15(11-24-19)7-6-14-5-4-8-23-10-14/h4-5,8-13,18,25H,1-3H3. The van der Waals surface area contributed by atoms with E-state index in [9.17, 15) is 9.59 Å². The highest BCUT2D eigenvalue weighted by atomic mass is 35.5. The van der Waals surface area contributed by atoms with Crippen molar-refractivity contribution in [3.05, 3.63) is 64.8 Å². The lowest BCUT2D eigenvalue weighted by Crippen LogP contribution is -2.62. The van der Waals surface area contributed by atoms with Crippen LogP contribution in [-0.2, 0) is 4.79 Å². The summed E-state index contributed by atoms with van der Waals surface area (Å²) in [6.45, 7) is 3.77. The van der Waals surface area contributed by atoms with E-state index in [1.807, 2.05) is 19.9 Å². The third-order valence-electron chi connectivity index (χ3n) is 4.66. The highest BCUT2D eigenvalue weighted by molar-refractivity contribution is 6.35. The summed E-state index contributed by atoms with van der Waals surface area (Å²) in [4.78, 5) is 37.2. The predicted octanol–water partition coefficient (Wildman–Crippen LogP) is 2.37. The molecule has 0 saturated carbocycles. The Balaban J connectivity index is 1.68. The second-order valence-corrected chi connectivity index (χ2v) is 7.58. The van der Waals surface area contributed by atoms with Crippen LogP contribution in [0.3, 0.4) is 0 Å². The second-order valence-electron chi connectivity index (χ2n) is 7.17. The fraction of sp³-hybridized carbons (Fsp3) is 0.238.